The molecular weight excluding hydrogens is 228 g/mol. The Hall–Kier alpha value is -2.01. The van der Waals surface area contributed by atoms with Crippen LogP contribution in [0.25, 0.3) is 0 Å². The highest BCUT2D eigenvalue weighted by molar-refractivity contribution is 6.34. The van der Waals surface area contributed by atoms with Crippen molar-refractivity contribution in [3.05, 3.63) is 47.5 Å². The molecule has 0 atom stereocenters. The van der Waals surface area contributed by atoms with Gasteiger partial charge in [0.05, 0.1) is 11.2 Å². The Labute approximate surface area is 96.5 Å². The van der Waals surface area contributed by atoms with E-state index in [-0.39, 0.29) is 10.7 Å². The van der Waals surface area contributed by atoms with E-state index in [1.807, 2.05) is 0 Å². The molecule has 0 fully saturated rings. The molecule has 0 aliphatic carbocycles. The third-order valence-electron chi connectivity index (χ3n) is 1.82. The van der Waals surface area contributed by atoms with E-state index in [0.29, 0.717) is 5.69 Å². The first-order valence-electron chi connectivity index (χ1n) is 4.46. The van der Waals surface area contributed by atoms with Crippen molar-refractivity contribution in [2.24, 2.45) is 0 Å². The second-order valence-electron chi connectivity index (χ2n) is 2.92. The van der Waals surface area contributed by atoms with Gasteiger partial charge in [-0.05, 0) is 18.2 Å². The first kappa shape index (κ1) is 10.5. The van der Waals surface area contributed by atoms with Crippen LogP contribution in [0.5, 0.6) is 0 Å². The van der Waals surface area contributed by atoms with Crippen molar-refractivity contribution < 1.29 is 4.79 Å². The van der Waals surface area contributed by atoms with Crippen LogP contribution in [0.4, 0.5) is 5.69 Å². The number of amides is 1. The van der Waals surface area contributed by atoms with E-state index in [4.69, 9.17) is 11.6 Å². The molecule has 2 rings (SSSR count). The second-order valence-corrected chi connectivity index (χ2v) is 3.32. The van der Waals surface area contributed by atoms with Gasteiger partial charge in [0.1, 0.15) is 0 Å². The van der Waals surface area contributed by atoms with Gasteiger partial charge in [0.2, 0.25) is 0 Å². The summed E-state index contributed by atoms with van der Waals surface area (Å²) in [5, 5.41) is 10.2. The molecular formula is C10H7ClN4O. The van der Waals surface area contributed by atoms with Crippen LogP contribution < -0.4 is 5.32 Å². The van der Waals surface area contributed by atoms with Gasteiger partial charge in [0.15, 0.2) is 5.69 Å². The first-order valence-corrected chi connectivity index (χ1v) is 4.84. The van der Waals surface area contributed by atoms with Crippen LogP contribution in [0.2, 0.25) is 5.02 Å². The number of hydrogen-bond acceptors (Lipinski definition) is 4. The average Bonchev–Trinajstić information content (AvgIpc) is 2.31. The molecule has 16 heavy (non-hydrogen) atoms. The Morgan fingerprint density at radius 1 is 1.19 bits per heavy atom. The molecule has 5 nitrogen and oxygen atoms in total. The maximum absolute atomic E-state index is 11.7. The van der Waals surface area contributed by atoms with E-state index in [1.165, 1.54) is 12.3 Å². The molecule has 80 valence electrons. The SMILES string of the molecule is O=C(Nc1ccncc1)c1nnccc1Cl. The van der Waals surface area contributed by atoms with Gasteiger partial charge in [0.25, 0.3) is 5.91 Å². The molecule has 2 aromatic heterocycles. The van der Waals surface area contributed by atoms with Gasteiger partial charge in [0, 0.05) is 18.1 Å². The number of aromatic nitrogens is 3. The van der Waals surface area contributed by atoms with Crippen molar-refractivity contribution in [2.75, 3.05) is 5.32 Å². The number of hydrogen-bond donors (Lipinski definition) is 1. The zero-order valence-electron chi connectivity index (χ0n) is 8.09. The summed E-state index contributed by atoms with van der Waals surface area (Å²) in [5.41, 5.74) is 0.725. The molecule has 0 spiro atoms. The van der Waals surface area contributed by atoms with E-state index in [9.17, 15) is 4.79 Å². The molecule has 0 saturated carbocycles. The van der Waals surface area contributed by atoms with Gasteiger partial charge in [-0.3, -0.25) is 9.78 Å². The molecule has 2 heterocycles. The van der Waals surface area contributed by atoms with Gasteiger partial charge in [-0.1, -0.05) is 11.6 Å². The van der Waals surface area contributed by atoms with Crippen LogP contribution in [0.1, 0.15) is 10.5 Å². The molecule has 0 aliphatic heterocycles. The van der Waals surface area contributed by atoms with E-state index in [0.717, 1.165) is 0 Å². The molecule has 0 radical (unpaired) electrons. The first-order chi connectivity index (χ1) is 7.77. The third kappa shape index (κ3) is 2.32. The molecule has 6 heteroatoms. The normalized spacial score (nSPS) is 9.81. The zero-order chi connectivity index (χ0) is 11.4. The molecule has 0 bridgehead atoms. The summed E-state index contributed by atoms with van der Waals surface area (Å²) in [5.74, 6) is -0.399. The Morgan fingerprint density at radius 3 is 2.62 bits per heavy atom. The molecule has 0 aliphatic rings. The Balaban J connectivity index is 2.19. The van der Waals surface area contributed by atoms with E-state index in [2.05, 4.69) is 20.5 Å². The van der Waals surface area contributed by atoms with Gasteiger partial charge in [-0.2, -0.15) is 5.10 Å². The summed E-state index contributed by atoms with van der Waals surface area (Å²) in [6.45, 7) is 0. The van der Waals surface area contributed by atoms with Crippen LogP contribution in [-0.2, 0) is 0 Å². The van der Waals surface area contributed by atoms with E-state index >= 15 is 0 Å². The Bertz CT molecular complexity index is 503. The lowest BCUT2D eigenvalue weighted by atomic mass is 10.3. The Morgan fingerprint density at radius 2 is 1.94 bits per heavy atom. The van der Waals surface area contributed by atoms with Crippen molar-refractivity contribution in [1.29, 1.82) is 0 Å². The Kier molecular flexibility index (Phi) is 3.07. The summed E-state index contributed by atoms with van der Waals surface area (Å²) in [7, 11) is 0. The largest absolute Gasteiger partial charge is 0.320 e. The van der Waals surface area contributed by atoms with Crippen molar-refractivity contribution >= 4 is 23.2 Å². The predicted molar refractivity (Wildman–Crippen MR) is 59.2 cm³/mol. The number of carbonyl (C=O) groups is 1. The number of nitrogens with zero attached hydrogens (tertiary/aromatic N) is 3. The molecule has 0 aromatic carbocycles. The standard InChI is InChI=1S/C10H7ClN4O/c11-8-3-6-13-15-9(8)10(16)14-7-1-4-12-5-2-7/h1-6H,(H,12,14,16). The van der Waals surface area contributed by atoms with Crippen LogP contribution in [0.3, 0.4) is 0 Å². The molecule has 1 amide bonds. The summed E-state index contributed by atoms with van der Waals surface area (Å²) >= 11 is 5.81. The minimum absolute atomic E-state index is 0.0981. The number of anilines is 1. The third-order valence-corrected chi connectivity index (χ3v) is 2.13. The van der Waals surface area contributed by atoms with Crippen LogP contribution in [0.15, 0.2) is 36.8 Å². The summed E-state index contributed by atoms with van der Waals surface area (Å²) < 4.78 is 0. The van der Waals surface area contributed by atoms with Crippen molar-refractivity contribution in [3.63, 3.8) is 0 Å². The number of rotatable bonds is 2. The van der Waals surface area contributed by atoms with Gasteiger partial charge >= 0.3 is 0 Å². The molecule has 0 saturated heterocycles. The van der Waals surface area contributed by atoms with E-state index in [1.54, 1.807) is 24.5 Å². The highest BCUT2D eigenvalue weighted by Gasteiger charge is 2.12. The summed E-state index contributed by atoms with van der Waals surface area (Å²) in [6, 6.07) is 4.85. The molecule has 2 aromatic rings. The molecule has 0 unspecified atom stereocenters. The smallest absolute Gasteiger partial charge is 0.277 e. The fraction of sp³-hybridized carbons (Fsp3) is 0. The van der Waals surface area contributed by atoms with Crippen molar-refractivity contribution in [1.82, 2.24) is 15.2 Å². The number of carbonyl (C=O) groups excluding carboxylic acids is 1. The highest BCUT2D eigenvalue weighted by atomic mass is 35.5. The monoisotopic (exact) mass is 234 g/mol. The maximum Gasteiger partial charge on any atom is 0.277 e. The fourth-order valence-electron chi connectivity index (χ4n) is 1.10. The predicted octanol–water partition coefficient (Wildman–Crippen LogP) is 1.78. The highest BCUT2D eigenvalue weighted by Crippen LogP contribution is 2.13. The van der Waals surface area contributed by atoms with Crippen LogP contribution in [-0.4, -0.2) is 21.1 Å². The minimum atomic E-state index is -0.399. The quantitative estimate of drug-likeness (QED) is 0.860. The number of pyridine rings is 1. The number of halogens is 1. The lowest BCUT2D eigenvalue weighted by molar-refractivity contribution is 0.102. The van der Waals surface area contributed by atoms with Crippen molar-refractivity contribution in [3.8, 4) is 0 Å². The average molecular weight is 235 g/mol. The summed E-state index contributed by atoms with van der Waals surface area (Å²) in [6.07, 6.45) is 4.58. The number of nitrogens with one attached hydrogen (secondary N) is 1. The zero-order valence-corrected chi connectivity index (χ0v) is 8.85. The fourth-order valence-corrected chi connectivity index (χ4v) is 1.28. The second kappa shape index (κ2) is 4.67. The molecule has 1 N–H and O–H groups in total. The maximum atomic E-state index is 11.7. The lowest BCUT2D eigenvalue weighted by Gasteiger charge is -2.04. The lowest BCUT2D eigenvalue weighted by Crippen LogP contribution is -2.14. The topological polar surface area (TPSA) is 67.8 Å². The van der Waals surface area contributed by atoms with Crippen LogP contribution >= 0.6 is 11.6 Å². The van der Waals surface area contributed by atoms with Gasteiger partial charge < -0.3 is 5.32 Å². The van der Waals surface area contributed by atoms with Crippen LogP contribution in [0, 0.1) is 0 Å². The van der Waals surface area contributed by atoms with Gasteiger partial charge in [-0.25, -0.2) is 0 Å². The minimum Gasteiger partial charge on any atom is -0.320 e. The van der Waals surface area contributed by atoms with Crippen molar-refractivity contribution in [2.45, 2.75) is 0 Å². The van der Waals surface area contributed by atoms with E-state index < -0.39 is 5.91 Å². The van der Waals surface area contributed by atoms with Gasteiger partial charge in [-0.15, -0.1) is 5.10 Å². The summed E-state index contributed by atoms with van der Waals surface area (Å²) in [4.78, 5) is 15.6.